The molecule has 2 rings (SSSR count). The van der Waals surface area contributed by atoms with Crippen LogP contribution in [0.1, 0.15) is 39.0 Å². The lowest BCUT2D eigenvalue weighted by atomic mass is 9.95. The monoisotopic (exact) mass is 283 g/mol. The molecule has 4 nitrogen and oxygen atoms in total. The van der Waals surface area contributed by atoms with Crippen molar-refractivity contribution in [2.45, 2.75) is 50.0 Å². The Morgan fingerprint density at radius 3 is 2.26 bits per heavy atom. The summed E-state index contributed by atoms with van der Waals surface area (Å²) in [6.45, 7) is 2.38. The van der Waals surface area contributed by atoms with E-state index in [-0.39, 0.29) is 16.7 Å². The molecule has 0 aliphatic heterocycles. The smallest absolute Gasteiger partial charge is 0.243 e. The van der Waals surface area contributed by atoms with Gasteiger partial charge in [-0.05, 0) is 37.1 Å². The Bertz CT molecular complexity index is 504. The third kappa shape index (κ3) is 3.09. The van der Waals surface area contributed by atoms with Crippen LogP contribution in [0.25, 0.3) is 0 Å². The van der Waals surface area contributed by atoms with E-state index in [1.165, 1.54) is 30.7 Å². The number of hydrogen-bond acceptors (Lipinski definition) is 3. The first kappa shape index (κ1) is 14.3. The van der Waals surface area contributed by atoms with Crippen molar-refractivity contribution < 1.29 is 13.5 Å². The number of phenolic OH excluding ortho intramolecular Hbond substituents is 1. The fraction of sp³-hybridized carbons (Fsp3) is 0.571. The number of sulfonamides is 1. The third-order valence-corrected chi connectivity index (χ3v) is 5.78. The molecule has 106 valence electrons. The predicted molar refractivity (Wildman–Crippen MR) is 74.5 cm³/mol. The van der Waals surface area contributed by atoms with E-state index in [1.807, 2.05) is 6.92 Å². The van der Waals surface area contributed by atoms with Gasteiger partial charge in [-0.15, -0.1) is 0 Å². The lowest BCUT2D eigenvalue weighted by Crippen LogP contribution is -2.41. The summed E-state index contributed by atoms with van der Waals surface area (Å²) in [5, 5.41) is 9.26. The summed E-state index contributed by atoms with van der Waals surface area (Å²) in [4.78, 5) is 0.262. The zero-order valence-electron chi connectivity index (χ0n) is 11.2. The number of rotatable bonds is 4. The maximum Gasteiger partial charge on any atom is 0.243 e. The minimum absolute atomic E-state index is 0.0830. The van der Waals surface area contributed by atoms with Gasteiger partial charge in [0, 0.05) is 12.6 Å². The van der Waals surface area contributed by atoms with Crippen LogP contribution in [0.15, 0.2) is 29.2 Å². The van der Waals surface area contributed by atoms with Gasteiger partial charge >= 0.3 is 0 Å². The molecule has 0 aromatic heterocycles. The second-order valence-corrected chi connectivity index (χ2v) is 6.88. The molecule has 0 saturated heterocycles. The molecule has 0 atom stereocenters. The predicted octanol–water partition coefficient (Wildman–Crippen LogP) is 2.74. The van der Waals surface area contributed by atoms with Crippen LogP contribution >= 0.6 is 0 Å². The summed E-state index contributed by atoms with van der Waals surface area (Å²) in [5.41, 5.74) is 0. The highest BCUT2D eigenvalue weighted by Crippen LogP contribution is 2.28. The normalized spacial score (nSPS) is 17.8. The molecular weight excluding hydrogens is 262 g/mol. The average molecular weight is 283 g/mol. The second-order valence-electron chi connectivity index (χ2n) is 4.99. The first-order chi connectivity index (χ1) is 9.05. The Kier molecular flexibility index (Phi) is 4.47. The van der Waals surface area contributed by atoms with E-state index in [4.69, 9.17) is 0 Å². The summed E-state index contributed by atoms with van der Waals surface area (Å²) in [7, 11) is -3.45. The largest absolute Gasteiger partial charge is 0.508 e. The molecule has 0 heterocycles. The molecule has 1 N–H and O–H groups in total. The van der Waals surface area contributed by atoms with Gasteiger partial charge in [-0.1, -0.05) is 26.2 Å². The van der Waals surface area contributed by atoms with Crippen LogP contribution in [-0.2, 0) is 10.0 Å². The van der Waals surface area contributed by atoms with Gasteiger partial charge in [-0.2, -0.15) is 4.31 Å². The van der Waals surface area contributed by atoms with Gasteiger partial charge in [-0.25, -0.2) is 8.42 Å². The molecule has 1 saturated carbocycles. The van der Waals surface area contributed by atoms with Gasteiger partial charge in [0.1, 0.15) is 5.75 Å². The fourth-order valence-corrected chi connectivity index (χ4v) is 4.44. The van der Waals surface area contributed by atoms with Crippen molar-refractivity contribution in [3.63, 3.8) is 0 Å². The van der Waals surface area contributed by atoms with E-state index in [9.17, 15) is 13.5 Å². The first-order valence-corrected chi connectivity index (χ1v) is 8.30. The highest BCUT2D eigenvalue weighted by Gasteiger charge is 2.30. The SMILES string of the molecule is CCN(C1CCCCC1)S(=O)(=O)c1ccc(O)cc1. The lowest BCUT2D eigenvalue weighted by Gasteiger charge is -2.32. The summed E-state index contributed by atoms with van der Waals surface area (Å²) >= 11 is 0. The van der Waals surface area contributed by atoms with Crippen LogP contribution in [0.3, 0.4) is 0 Å². The number of benzene rings is 1. The van der Waals surface area contributed by atoms with Crippen molar-refractivity contribution in [2.24, 2.45) is 0 Å². The van der Waals surface area contributed by atoms with Gasteiger partial charge < -0.3 is 5.11 Å². The Labute approximate surface area is 115 Å². The molecule has 0 bridgehead atoms. The molecule has 1 aromatic rings. The molecule has 5 heteroatoms. The van der Waals surface area contributed by atoms with Gasteiger partial charge in [0.15, 0.2) is 0 Å². The number of aromatic hydroxyl groups is 1. The highest BCUT2D eigenvalue weighted by molar-refractivity contribution is 7.89. The topological polar surface area (TPSA) is 57.6 Å². The van der Waals surface area contributed by atoms with Crippen molar-refractivity contribution >= 4 is 10.0 Å². The van der Waals surface area contributed by atoms with Gasteiger partial charge in [0.05, 0.1) is 4.90 Å². The Hall–Kier alpha value is -1.07. The van der Waals surface area contributed by atoms with Crippen molar-refractivity contribution in [3.8, 4) is 5.75 Å². The molecule has 1 aromatic carbocycles. The highest BCUT2D eigenvalue weighted by atomic mass is 32.2. The van der Waals surface area contributed by atoms with Crippen LogP contribution in [0.5, 0.6) is 5.75 Å². The zero-order chi connectivity index (χ0) is 13.9. The van der Waals surface area contributed by atoms with Crippen LogP contribution in [0, 0.1) is 0 Å². The maximum absolute atomic E-state index is 12.6. The van der Waals surface area contributed by atoms with E-state index in [0.29, 0.717) is 6.54 Å². The van der Waals surface area contributed by atoms with Crippen molar-refractivity contribution in [1.82, 2.24) is 4.31 Å². The molecule has 1 aliphatic rings. The van der Waals surface area contributed by atoms with E-state index in [0.717, 1.165) is 25.7 Å². The van der Waals surface area contributed by atoms with Crippen LogP contribution in [-0.4, -0.2) is 30.4 Å². The minimum atomic E-state index is -3.45. The van der Waals surface area contributed by atoms with Crippen LogP contribution < -0.4 is 0 Å². The summed E-state index contributed by atoms with van der Waals surface area (Å²) in [5.74, 6) is 0.0830. The molecule has 0 radical (unpaired) electrons. The quantitative estimate of drug-likeness (QED) is 0.924. The molecule has 19 heavy (non-hydrogen) atoms. The number of hydrogen-bond donors (Lipinski definition) is 1. The van der Waals surface area contributed by atoms with Gasteiger partial charge in [0.25, 0.3) is 0 Å². The number of phenols is 1. The summed E-state index contributed by atoms with van der Waals surface area (Å²) in [6, 6.07) is 5.90. The van der Waals surface area contributed by atoms with Crippen molar-refractivity contribution in [2.75, 3.05) is 6.54 Å². The third-order valence-electron chi connectivity index (χ3n) is 3.74. The van der Waals surface area contributed by atoms with Crippen LogP contribution in [0.4, 0.5) is 0 Å². The average Bonchev–Trinajstić information content (AvgIpc) is 2.41. The van der Waals surface area contributed by atoms with Crippen LogP contribution in [0.2, 0.25) is 0 Å². The van der Waals surface area contributed by atoms with Gasteiger partial charge in [0.2, 0.25) is 10.0 Å². The summed E-state index contributed by atoms with van der Waals surface area (Å²) < 4.78 is 26.8. The lowest BCUT2D eigenvalue weighted by molar-refractivity contribution is 0.261. The van der Waals surface area contributed by atoms with E-state index < -0.39 is 10.0 Å². The number of nitrogens with zero attached hydrogens (tertiary/aromatic N) is 1. The maximum atomic E-state index is 12.6. The second kappa shape index (κ2) is 5.92. The summed E-state index contributed by atoms with van der Waals surface area (Å²) in [6.07, 6.45) is 5.31. The fourth-order valence-electron chi connectivity index (χ4n) is 2.75. The van der Waals surface area contributed by atoms with Crippen molar-refractivity contribution in [1.29, 1.82) is 0 Å². The first-order valence-electron chi connectivity index (χ1n) is 6.86. The molecular formula is C14H21NO3S. The van der Waals surface area contributed by atoms with E-state index in [2.05, 4.69) is 0 Å². The Morgan fingerprint density at radius 1 is 1.16 bits per heavy atom. The molecule has 0 unspecified atom stereocenters. The zero-order valence-corrected chi connectivity index (χ0v) is 12.1. The minimum Gasteiger partial charge on any atom is -0.508 e. The Balaban J connectivity index is 2.27. The molecule has 0 amide bonds. The molecule has 0 spiro atoms. The molecule has 1 aliphatic carbocycles. The van der Waals surface area contributed by atoms with E-state index in [1.54, 1.807) is 4.31 Å². The van der Waals surface area contributed by atoms with E-state index >= 15 is 0 Å². The van der Waals surface area contributed by atoms with Crippen molar-refractivity contribution in [3.05, 3.63) is 24.3 Å². The molecule has 1 fully saturated rings. The van der Waals surface area contributed by atoms with Gasteiger partial charge in [-0.3, -0.25) is 0 Å². The standard InChI is InChI=1S/C14H21NO3S/c1-2-15(12-6-4-3-5-7-12)19(17,18)14-10-8-13(16)9-11-14/h8-12,16H,2-7H2,1H3. The Morgan fingerprint density at radius 2 is 1.74 bits per heavy atom.